The van der Waals surface area contributed by atoms with Crippen LogP contribution in [-0.2, 0) is 0 Å². The van der Waals surface area contributed by atoms with Gasteiger partial charge in [-0.05, 0) is 24.3 Å². The monoisotopic (exact) mass is 951 g/mol. The van der Waals surface area contributed by atoms with E-state index in [0.29, 0.717) is 0 Å². The first kappa shape index (κ1) is 47.7. The Morgan fingerprint density at radius 1 is 0.614 bits per heavy atom. The minimum Gasteiger partial charge on any atom is -0.504 e. The quantitative estimate of drug-likeness (QED) is 0.0360. The molecule has 1 aromatic heterocycles. The number of anilines is 1. The second-order valence-corrected chi connectivity index (χ2v) is 13.3. The predicted molar refractivity (Wildman–Crippen MR) is 210 cm³/mol. The van der Waals surface area contributed by atoms with Crippen LogP contribution in [0.2, 0.25) is 40.2 Å². The molecule has 2 amide bonds. The van der Waals surface area contributed by atoms with Crippen molar-refractivity contribution in [2.45, 2.75) is 0 Å². The Labute approximate surface area is 354 Å². The van der Waals surface area contributed by atoms with Crippen molar-refractivity contribution in [2.75, 3.05) is 5.73 Å². The molecule has 5 rings (SSSR count). The van der Waals surface area contributed by atoms with E-state index in [0.717, 1.165) is 12.1 Å². The van der Waals surface area contributed by atoms with Gasteiger partial charge in [-0.3, -0.25) is 34.6 Å². The van der Waals surface area contributed by atoms with Crippen molar-refractivity contribution in [1.29, 1.82) is 0 Å². The van der Waals surface area contributed by atoms with Crippen LogP contribution in [0.1, 0.15) is 31.1 Å². The number of nitro groups is 2. The summed E-state index contributed by atoms with van der Waals surface area (Å²) < 4.78 is 0. The lowest BCUT2D eigenvalue weighted by atomic mass is 10.1. The standard InChI is InChI=1S/C8H4Cl2N2O2.C7H4Cl2N2O4.C7H6Cl2N2O2.C7H3Cl2NO5/c9-3-1-4(10)7(13)6-5(3)8(14)12-2-11-6;8-2-1-3(9)6(12)5(11(14)15)4(2)7(10)13;8-2-1-3(9)6(12)5(10)4(2)7(11)13;8-2-1-3(9)6(11)5(10(14)15)4(2)7(12)13/h1-2,13H,(H,11,12,14);1,12H,(H2,10,13);1,12H,10H2,(H2,11,13);1,11H,(H,12,13). The molecule has 302 valence electrons. The summed E-state index contributed by atoms with van der Waals surface area (Å²) >= 11 is 44.5. The van der Waals surface area contributed by atoms with Crippen LogP contribution < -0.4 is 22.8 Å². The van der Waals surface area contributed by atoms with Crippen LogP contribution in [0.15, 0.2) is 35.4 Å². The molecule has 0 aliphatic rings. The van der Waals surface area contributed by atoms with E-state index >= 15 is 0 Å². The van der Waals surface area contributed by atoms with Crippen LogP contribution >= 0.6 is 92.8 Å². The molecule has 57 heavy (non-hydrogen) atoms. The molecule has 0 aliphatic heterocycles. The number of aromatic hydroxyl groups is 4. The number of rotatable bonds is 5. The van der Waals surface area contributed by atoms with E-state index < -0.39 is 72.2 Å². The lowest BCUT2D eigenvalue weighted by Crippen LogP contribution is -2.14. The summed E-state index contributed by atoms with van der Waals surface area (Å²) in [5.74, 6) is -5.91. The molecular weight excluding hydrogens is 938 g/mol. The third-order valence-corrected chi connectivity index (χ3v) is 8.81. The summed E-state index contributed by atoms with van der Waals surface area (Å²) in [6.45, 7) is 0. The second-order valence-electron chi connectivity index (χ2n) is 9.99. The number of hydrogen-bond acceptors (Lipinski definition) is 14. The molecule has 0 spiro atoms. The maximum Gasteiger partial charge on any atom is 0.344 e. The number of benzene rings is 4. The lowest BCUT2D eigenvalue weighted by Gasteiger charge is -2.07. The van der Waals surface area contributed by atoms with Gasteiger partial charge in [-0.2, -0.15) is 0 Å². The number of carboxylic acid groups (broad SMARTS) is 1. The molecule has 0 radical (unpaired) electrons. The van der Waals surface area contributed by atoms with Crippen LogP contribution in [0.25, 0.3) is 10.9 Å². The molecule has 5 aromatic rings. The van der Waals surface area contributed by atoms with Gasteiger partial charge in [0, 0.05) is 0 Å². The zero-order valence-electron chi connectivity index (χ0n) is 27.0. The Morgan fingerprint density at radius 3 is 1.40 bits per heavy atom. The van der Waals surface area contributed by atoms with Crippen molar-refractivity contribution in [2.24, 2.45) is 11.5 Å². The summed E-state index contributed by atoms with van der Waals surface area (Å²) in [5.41, 5.74) is 11.3. The number of aromatic carboxylic acids is 1. The Hall–Kier alpha value is -5.45. The molecular formula is C29H17Cl8N7O13. The normalized spacial score (nSPS) is 10.2. The van der Waals surface area contributed by atoms with E-state index in [2.05, 4.69) is 9.97 Å². The number of phenolic OH excluding ortho intramolecular Hbond substituents is 4. The molecule has 0 aliphatic carbocycles. The number of nitrogens with one attached hydrogen (secondary N) is 1. The Morgan fingerprint density at radius 2 is 0.982 bits per heavy atom. The van der Waals surface area contributed by atoms with Gasteiger partial charge in [-0.15, -0.1) is 0 Å². The molecule has 1 heterocycles. The molecule has 0 unspecified atom stereocenters. The van der Waals surface area contributed by atoms with Gasteiger partial charge in [-0.25, -0.2) is 9.78 Å². The lowest BCUT2D eigenvalue weighted by molar-refractivity contribution is -0.386. The smallest absolute Gasteiger partial charge is 0.344 e. The summed E-state index contributed by atoms with van der Waals surface area (Å²) in [7, 11) is 0. The highest BCUT2D eigenvalue weighted by molar-refractivity contribution is 6.41. The SMILES string of the molecule is NC(=O)c1c(Cl)cc(Cl)c(O)c1N.NC(=O)c1c(Cl)cc(Cl)c(O)c1[N+](=O)[O-].O=C(O)c1c(Cl)cc(Cl)c(O)c1[N+](=O)[O-].O=c1[nH]cnc2c(O)c(Cl)cc(Cl)c12. The highest BCUT2D eigenvalue weighted by Crippen LogP contribution is 2.42. The minimum atomic E-state index is -1.61. The molecule has 0 saturated carbocycles. The van der Waals surface area contributed by atoms with Crippen LogP contribution in [0, 0.1) is 20.2 Å². The fourth-order valence-corrected chi connectivity index (χ4v) is 6.22. The van der Waals surface area contributed by atoms with Crippen molar-refractivity contribution >= 4 is 139 Å². The van der Waals surface area contributed by atoms with Gasteiger partial charge in [0.2, 0.25) is 11.5 Å². The number of halogens is 8. The largest absolute Gasteiger partial charge is 0.504 e. The number of fused-ring (bicyclic) bond motifs is 1. The third kappa shape index (κ3) is 10.9. The Balaban J connectivity index is 0.000000263. The topological polar surface area (TPSA) is 362 Å². The van der Waals surface area contributed by atoms with Gasteiger partial charge in [-0.1, -0.05) is 92.8 Å². The van der Waals surface area contributed by atoms with Crippen molar-refractivity contribution in [1.82, 2.24) is 9.97 Å². The van der Waals surface area contributed by atoms with E-state index in [1.165, 1.54) is 18.5 Å². The van der Waals surface area contributed by atoms with Gasteiger partial charge in [0.05, 0.1) is 73.0 Å². The highest BCUT2D eigenvalue weighted by atomic mass is 35.5. The van der Waals surface area contributed by atoms with E-state index in [1.807, 2.05) is 0 Å². The van der Waals surface area contributed by atoms with E-state index in [4.69, 9.17) is 115 Å². The summed E-state index contributed by atoms with van der Waals surface area (Å²) in [6.07, 6.45) is 1.18. The van der Waals surface area contributed by atoms with Crippen molar-refractivity contribution in [3.05, 3.63) is 118 Å². The van der Waals surface area contributed by atoms with Crippen LogP contribution in [0.3, 0.4) is 0 Å². The number of aromatic nitrogens is 2. The summed E-state index contributed by atoms with van der Waals surface area (Å²) in [6, 6.07) is 4.44. The van der Waals surface area contributed by atoms with Crippen LogP contribution in [0.5, 0.6) is 23.0 Å². The molecule has 0 atom stereocenters. The number of nitro benzene ring substituents is 2. The fourth-order valence-electron chi connectivity index (χ4n) is 4.03. The first-order valence-corrected chi connectivity index (χ1v) is 16.8. The average Bonchev–Trinajstić information content (AvgIpc) is 3.09. The molecule has 12 N–H and O–H groups in total. The number of nitrogen functional groups attached to an aromatic ring is 1. The van der Waals surface area contributed by atoms with Gasteiger partial charge in [0.15, 0.2) is 17.1 Å². The number of carbonyl (C=O) groups excluding carboxylic acids is 2. The maximum absolute atomic E-state index is 11.3. The number of primary amides is 2. The zero-order chi connectivity index (χ0) is 44.0. The average molecular weight is 955 g/mol. The molecule has 0 bridgehead atoms. The van der Waals surface area contributed by atoms with Crippen molar-refractivity contribution < 1.29 is 49.8 Å². The minimum absolute atomic E-state index is 0.0208. The predicted octanol–water partition coefficient (Wildman–Crippen LogP) is 7.33. The van der Waals surface area contributed by atoms with Crippen LogP contribution in [0.4, 0.5) is 17.1 Å². The second kappa shape index (κ2) is 19.6. The van der Waals surface area contributed by atoms with Crippen molar-refractivity contribution in [3.8, 4) is 23.0 Å². The molecule has 20 nitrogen and oxygen atoms in total. The van der Waals surface area contributed by atoms with Crippen molar-refractivity contribution in [3.63, 3.8) is 0 Å². The Bertz CT molecular complexity index is 2470. The number of aromatic amines is 1. The number of carboxylic acids is 1. The molecule has 0 fully saturated rings. The fraction of sp³-hybridized carbons (Fsp3) is 0. The highest BCUT2D eigenvalue weighted by Gasteiger charge is 2.31. The van der Waals surface area contributed by atoms with E-state index in [1.54, 1.807) is 0 Å². The molecule has 28 heteroatoms. The first-order valence-electron chi connectivity index (χ1n) is 13.8. The van der Waals surface area contributed by atoms with Gasteiger partial charge >= 0.3 is 17.3 Å². The van der Waals surface area contributed by atoms with Crippen LogP contribution in [-0.4, -0.2) is 63.1 Å². The summed E-state index contributed by atoms with van der Waals surface area (Å²) in [5, 5.41) is 66.0. The molecule has 0 saturated heterocycles. The third-order valence-electron chi connectivity index (χ3n) is 6.47. The van der Waals surface area contributed by atoms with Gasteiger partial charge in [0.25, 0.3) is 17.4 Å². The Kier molecular flexibility index (Phi) is 16.4. The number of hydrogen-bond donors (Lipinski definition) is 9. The van der Waals surface area contributed by atoms with Gasteiger partial charge < -0.3 is 47.7 Å². The number of H-pyrrole nitrogens is 1. The maximum atomic E-state index is 11.3. The summed E-state index contributed by atoms with van der Waals surface area (Å²) in [4.78, 5) is 68.9. The first-order chi connectivity index (χ1) is 26.3. The number of carbonyl (C=O) groups is 3. The molecule has 4 aromatic carbocycles. The van der Waals surface area contributed by atoms with Gasteiger partial charge in [0.1, 0.15) is 11.1 Å². The van der Waals surface area contributed by atoms with E-state index in [-0.39, 0.29) is 68.8 Å². The number of nitrogens with zero attached hydrogens (tertiary/aromatic N) is 3. The zero-order valence-corrected chi connectivity index (χ0v) is 33.0. The number of nitrogens with two attached hydrogens (primary N) is 3. The number of amides is 2. The number of phenols is 4. The van der Waals surface area contributed by atoms with E-state index in [9.17, 15) is 59.8 Å².